The largest absolute Gasteiger partial charge is 0.388 e. The minimum atomic E-state index is -3.16. The highest BCUT2D eigenvalue weighted by Crippen LogP contribution is 2.40. The van der Waals surface area contributed by atoms with Gasteiger partial charge in [0.05, 0.1) is 22.5 Å². The summed E-state index contributed by atoms with van der Waals surface area (Å²) in [5.74, 6) is 3.59. The molecule has 9 nitrogen and oxygen atoms in total. The number of aryl methyl sites for hydroxylation is 1. The molecule has 1 saturated heterocycles. The van der Waals surface area contributed by atoms with Gasteiger partial charge in [0.1, 0.15) is 13.7 Å². The second kappa shape index (κ2) is 9.73. The first kappa shape index (κ1) is 27.3. The van der Waals surface area contributed by atoms with E-state index in [1.54, 1.807) is 22.0 Å². The number of anilines is 1. The predicted octanol–water partition coefficient (Wildman–Crippen LogP) is 3.17. The van der Waals surface area contributed by atoms with Crippen LogP contribution in [0.4, 0.5) is 5.95 Å². The zero-order valence-corrected chi connectivity index (χ0v) is 24.9. The maximum atomic E-state index is 13.9. The first-order chi connectivity index (χ1) is 17.8. The van der Waals surface area contributed by atoms with Gasteiger partial charge >= 0.3 is 0 Å². The van der Waals surface area contributed by atoms with Gasteiger partial charge in [-0.1, -0.05) is 25.6 Å². The maximum absolute atomic E-state index is 13.9. The molecule has 5 rings (SSSR count). The molecule has 0 radical (unpaired) electrons. The van der Waals surface area contributed by atoms with Crippen molar-refractivity contribution in [2.75, 3.05) is 18.4 Å². The first-order valence-electron chi connectivity index (χ1n) is 13.7. The molecule has 2 N–H and O–H groups in total. The van der Waals surface area contributed by atoms with Crippen molar-refractivity contribution < 1.29 is 13.5 Å². The molecule has 2 aliphatic carbocycles. The smallest absolute Gasteiger partial charge is 0.268 e. The average molecular weight is 558 g/mol. The third kappa shape index (κ3) is 5.28. The Bertz CT molecular complexity index is 1470. The molecule has 2 aromatic heterocycles. The van der Waals surface area contributed by atoms with Crippen LogP contribution in [0.3, 0.4) is 0 Å². The molecule has 1 aliphatic heterocycles. The molecule has 2 saturated carbocycles. The van der Waals surface area contributed by atoms with Crippen LogP contribution in [0.15, 0.2) is 11.0 Å². The van der Waals surface area contributed by atoms with Crippen LogP contribution >= 0.6 is 0 Å². The van der Waals surface area contributed by atoms with Crippen LogP contribution < -0.4 is 10.9 Å². The van der Waals surface area contributed by atoms with Gasteiger partial charge in [-0.25, -0.2) is 17.7 Å². The highest BCUT2D eigenvalue weighted by molar-refractivity contribution is 7.90. The monoisotopic (exact) mass is 557 g/mol. The molecular formula is C27H39N5O4SSi. The van der Waals surface area contributed by atoms with Crippen LogP contribution in [0.5, 0.6) is 0 Å². The Morgan fingerprint density at radius 2 is 1.84 bits per heavy atom. The molecule has 0 aromatic carbocycles. The molecule has 11 heteroatoms. The Labute approximate surface area is 226 Å². The van der Waals surface area contributed by atoms with Crippen LogP contribution in [0.25, 0.3) is 11.0 Å². The number of aromatic nitrogens is 3. The number of nitrogens with one attached hydrogen (secondary N) is 1. The molecule has 0 spiro atoms. The molecule has 206 valence electrons. The van der Waals surface area contributed by atoms with Gasteiger partial charge in [0.25, 0.3) is 5.56 Å². The van der Waals surface area contributed by atoms with Crippen molar-refractivity contribution in [3.63, 3.8) is 0 Å². The normalized spacial score (nSPS) is 25.4. The molecule has 3 aliphatic rings. The number of fused-ring (bicyclic) bond motifs is 1. The summed E-state index contributed by atoms with van der Waals surface area (Å²) >= 11 is 0. The van der Waals surface area contributed by atoms with Gasteiger partial charge in [-0.3, -0.25) is 9.36 Å². The van der Waals surface area contributed by atoms with E-state index in [0.29, 0.717) is 55.9 Å². The fraction of sp³-hybridized carbons (Fsp3) is 0.667. The Kier molecular flexibility index (Phi) is 6.99. The van der Waals surface area contributed by atoms with Gasteiger partial charge in [0.15, 0.2) is 0 Å². The summed E-state index contributed by atoms with van der Waals surface area (Å²) < 4.78 is 28.5. The SMILES string of the molecule is Cc1c(C#C[Si](C)(C)C)c(=O)n([C@@H]2CCC[C@@]2(C)O)c2nc(NC3CCN(S(=O)(=O)C4CC4)CC3)ncc12. The van der Waals surface area contributed by atoms with Crippen LogP contribution in [-0.2, 0) is 10.0 Å². The van der Waals surface area contributed by atoms with E-state index in [0.717, 1.165) is 30.2 Å². The van der Waals surface area contributed by atoms with E-state index in [1.165, 1.54) is 0 Å². The zero-order valence-electron chi connectivity index (χ0n) is 23.0. The van der Waals surface area contributed by atoms with E-state index in [2.05, 4.69) is 41.4 Å². The lowest BCUT2D eigenvalue weighted by molar-refractivity contribution is 0.0266. The molecule has 0 amide bonds. The lowest BCUT2D eigenvalue weighted by Gasteiger charge is -2.32. The van der Waals surface area contributed by atoms with E-state index in [9.17, 15) is 18.3 Å². The number of rotatable bonds is 5. The van der Waals surface area contributed by atoms with Crippen LogP contribution in [0.2, 0.25) is 19.6 Å². The first-order valence-corrected chi connectivity index (χ1v) is 18.7. The maximum Gasteiger partial charge on any atom is 0.268 e. The summed E-state index contributed by atoms with van der Waals surface area (Å²) in [7, 11) is -4.89. The molecule has 0 bridgehead atoms. The van der Waals surface area contributed by atoms with Crippen molar-refractivity contribution >= 4 is 35.1 Å². The van der Waals surface area contributed by atoms with Crippen LogP contribution in [0.1, 0.15) is 69.0 Å². The summed E-state index contributed by atoms with van der Waals surface area (Å²) in [5.41, 5.74) is 3.81. The number of piperidine rings is 1. The number of hydrogen-bond acceptors (Lipinski definition) is 7. The molecule has 0 unspecified atom stereocenters. The lowest BCUT2D eigenvalue weighted by Crippen LogP contribution is -2.43. The minimum Gasteiger partial charge on any atom is -0.388 e. The van der Waals surface area contributed by atoms with Crippen LogP contribution in [-0.4, -0.2) is 70.4 Å². The standard InChI is InChI=1S/C27H39N5O4SSi/c1-18-21(12-16-38(3,4)5)25(33)32(23-7-6-13-27(23,2)34)24-22(18)17-28-26(30-24)29-19-10-14-31(15-11-19)37(35,36)20-8-9-20/h17,19-20,23,34H,6-11,13-15H2,1-5H3,(H,28,29,30)/t23-,27-/m1/s1. The topological polar surface area (TPSA) is 117 Å². The molecule has 38 heavy (non-hydrogen) atoms. The summed E-state index contributed by atoms with van der Waals surface area (Å²) in [4.78, 5) is 23.3. The van der Waals surface area contributed by atoms with E-state index in [4.69, 9.17) is 4.98 Å². The summed E-state index contributed by atoms with van der Waals surface area (Å²) in [6, 6.07) is -0.361. The molecule has 3 heterocycles. The van der Waals surface area contributed by atoms with Gasteiger partial charge in [-0.05, 0) is 64.4 Å². The van der Waals surface area contributed by atoms with Crippen molar-refractivity contribution in [1.82, 2.24) is 18.8 Å². The van der Waals surface area contributed by atoms with Crippen LogP contribution in [0, 0.1) is 18.4 Å². The van der Waals surface area contributed by atoms with Crippen molar-refractivity contribution in [3.05, 3.63) is 27.7 Å². The minimum absolute atomic E-state index is 0.0378. The number of pyridine rings is 1. The number of aliphatic hydroxyl groups is 1. The fourth-order valence-electron chi connectivity index (χ4n) is 5.64. The molecule has 3 fully saturated rings. The number of hydrogen-bond donors (Lipinski definition) is 2. The van der Waals surface area contributed by atoms with E-state index < -0.39 is 29.7 Å². The van der Waals surface area contributed by atoms with E-state index in [-0.39, 0.29) is 16.9 Å². The quantitative estimate of drug-likeness (QED) is 0.428. The average Bonchev–Trinajstić information content (AvgIpc) is 3.64. The number of sulfonamides is 1. The van der Waals surface area contributed by atoms with E-state index in [1.807, 2.05) is 6.92 Å². The molecule has 2 aromatic rings. The second-order valence-corrected chi connectivity index (χ2v) is 19.4. The van der Waals surface area contributed by atoms with Crippen molar-refractivity contribution in [1.29, 1.82) is 0 Å². The Morgan fingerprint density at radius 1 is 1.16 bits per heavy atom. The summed E-state index contributed by atoms with van der Waals surface area (Å²) in [5, 5.41) is 15.1. The van der Waals surface area contributed by atoms with Gasteiger partial charge < -0.3 is 10.4 Å². The summed E-state index contributed by atoms with van der Waals surface area (Å²) in [6.45, 7) is 11.1. The molecular weight excluding hydrogens is 518 g/mol. The van der Waals surface area contributed by atoms with Crippen molar-refractivity contribution in [2.24, 2.45) is 0 Å². The summed E-state index contributed by atoms with van der Waals surface area (Å²) in [6.07, 6.45) is 6.75. The lowest BCUT2D eigenvalue weighted by atomic mass is 9.98. The van der Waals surface area contributed by atoms with Gasteiger partial charge in [-0.2, -0.15) is 4.98 Å². The van der Waals surface area contributed by atoms with E-state index >= 15 is 0 Å². The zero-order chi connectivity index (χ0) is 27.5. The van der Waals surface area contributed by atoms with Crippen molar-refractivity contribution in [2.45, 2.75) is 101 Å². The third-order valence-electron chi connectivity index (χ3n) is 8.05. The molecule has 2 atom stereocenters. The fourth-order valence-corrected chi connectivity index (χ4v) is 8.01. The third-order valence-corrected chi connectivity index (χ3v) is 11.3. The highest BCUT2D eigenvalue weighted by Gasteiger charge is 2.42. The Balaban J connectivity index is 1.50. The Morgan fingerprint density at radius 3 is 2.42 bits per heavy atom. The van der Waals surface area contributed by atoms with Gasteiger partial charge in [0.2, 0.25) is 16.0 Å². The predicted molar refractivity (Wildman–Crippen MR) is 152 cm³/mol. The van der Waals surface area contributed by atoms with Gasteiger partial charge in [0, 0.05) is 30.7 Å². The highest BCUT2D eigenvalue weighted by atomic mass is 32.2. The Hall–Kier alpha value is -2.26. The second-order valence-electron chi connectivity index (χ2n) is 12.4. The van der Waals surface area contributed by atoms with Crippen molar-refractivity contribution in [3.8, 4) is 11.5 Å². The van der Waals surface area contributed by atoms with Gasteiger partial charge in [-0.15, -0.1) is 5.54 Å². The number of nitrogens with zero attached hydrogens (tertiary/aromatic N) is 4.